The monoisotopic (exact) mass is 619 g/mol. The molecule has 0 aliphatic carbocycles. The van der Waals surface area contributed by atoms with Crippen molar-refractivity contribution < 1.29 is 29.8 Å². The highest BCUT2D eigenvalue weighted by Gasteiger charge is 2.58. The highest BCUT2D eigenvalue weighted by molar-refractivity contribution is 8.06. The third-order valence-corrected chi connectivity index (χ3v) is 11.2. The Morgan fingerprint density at radius 2 is 2.18 bits per heavy atom. The molecular weight excluding hydrogens is 598 g/mol. The van der Waals surface area contributed by atoms with Crippen molar-refractivity contribution in [3.8, 4) is 0 Å². The van der Waals surface area contributed by atoms with E-state index >= 15 is 0 Å². The first kappa shape index (κ1) is 28.7. The number of anilines is 1. The van der Waals surface area contributed by atoms with Gasteiger partial charge in [0.25, 0.3) is 5.91 Å². The number of nitrogens with zero attached hydrogens (tertiary/aromatic N) is 4. The third kappa shape index (κ3) is 5.68. The summed E-state index contributed by atoms with van der Waals surface area (Å²) in [5.41, 5.74) is 10.8. The van der Waals surface area contributed by atoms with Crippen LogP contribution in [0.5, 0.6) is 0 Å². The Morgan fingerprint density at radius 3 is 2.82 bits per heavy atom. The molecule has 8 N–H and O–H groups in total. The van der Waals surface area contributed by atoms with Gasteiger partial charge in [-0.25, -0.2) is 4.98 Å². The number of rotatable bonds is 10. The number of oxime groups is 1. The third-order valence-electron chi connectivity index (χ3n) is 5.61. The Kier molecular flexibility index (Phi) is 8.96. The van der Waals surface area contributed by atoms with E-state index in [9.17, 15) is 29.8 Å². The molecular formula is C20H22ClN7O6S4. The summed E-state index contributed by atoms with van der Waals surface area (Å²) in [6.07, 6.45) is 3.16. The number of pyridine rings is 1. The molecule has 2 aliphatic rings. The van der Waals surface area contributed by atoms with E-state index in [0.717, 1.165) is 23.1 Å². The van der Waals surface area contributed by atoms with Crippen molar-refractivity contribution in [3.63, 3.8) is 0 Å². The minimum atomic E-state index is -1.36. The second-order valence-electron chi connectivity index (χ2n) is 8.22. The maximum atomic E-state index is 13.0. The molecule has 2 aromatic rings. The van der Waals surface area contributed by atoms with Crippen LogP contribution in [0.25, 0.3) is 0 Å². The summed E-state index contributed by atoms with van der Waals surface area (Å²) >= 11 is 10.6. The van der Waals surface area contributed by atoms with E-state index in [1.807, 2.05) is 0 Å². The smallest absolute Gasteiger partial charge is 0.322 e. The summed E-state index contributed by atoms with van der Waals surface area (Å²) in [6, 6.07) is 0.304. The number of carbonyl (C=O) groups excluding carboxylic acids is 2. The molecule has 18 heteroatoms. The van der Waals surface area contributed by atoms with E-state index < -0.39 is 45.7 Å². The van der Waals surface area contributed by atoms with E-state index in [1.54, 1.807) is 18.5 Å². The minimum absolute atomic E-state index is 0.0503. The van der Waals surface area contributed by atoms with Crippen LogP contribution < -0.4 is 16.8 Å². The topological polar surface area (TPSA) is 217 Å². The van der Waals surface area contributed by atoms with Crippen molar-refractivity contribution in [1.82, 2.24) is 20.2 Å². The van der Waals surface area contributed by atoms with Crippen molar-refractivity contribution in [2.45, 2.75) is 32.0 Å². The van der Waals surface area contributed by atoms with Crippen LogP contribution in [0.2, 0.25) is 4.34 Å². The average molecular weight is 620 g/mol. The number of aromatic nitrogens is 2. The highest BCUT2D eigenvalue weighted by Crippen LogP contribution is 2.48. The van der Waals surface area contributed by atoms with Gasteiger partial charge in [-0.2, -0.15) is 0 Å². The van der Waals surface area contributed by atoms with Gasteiger partial charge in [-0.1, -0.05) is 28.1 Å². The lowest BCUT2D eigenvalue weighted by atomic mass is 10.0. The number of carbonyl (C=O) groups is 3. The number of aliphatic hydroxyl groups is 1. The average Bonchev–Trinajstić information content (AvgIpc) is 3.23. The maximum Gasteiger partial charge on any atom is 0.322 e. The molecule has 13 nitrogen and oxygen atoms in total. The van der Waals surface area contributed by atoms with E-state index in [2.05, 4.69) is 20.4 Å². The summed E-state index contributed by atoms with van der Waals surface area (Å²) < 4.78 is -1.31. The number of thiazole rings is 1. The van der Waals surface area contributed by atoms with Crippen LogP contribution in [0.1, 0.15) is 5.69 Å². The lowest BCUT2D eigenvalue weighted by molar-refractivity contribution is -0.151. The molecule has 2 fully saturated rings. The number of nitrogen functional groups attached to an aromatic ring is 1. The lowest BCUT2D eigenvalue weighted by Gasteiger charge is -2.53. The number of aliphatic carboxylic acids is 1. The molecule has 4 atom stereocenters. The van der Waals surface area contributed by atoms with Gasteiger partial charge in [-0.05, 0) is 6.07 Å². The van der Waals surface area contributed by atoms with E-state index in [1.165, 1.54) is 28.4 Å². The molecule has 0 spiro atoms. The van der Waals surface area contributed by atoms with Gasteiger partial charge in [0.2, 0.25) is 5.91 Å². The van der Waals surface area contributed by atoms with Crippen molar-refractivity contribution in [2.24, 2.45) is 10.9 Å². The van der Waals surface area contributed by atoms with Crippen molar-refractivity contribution in [2.75, 3.05) is 30.4 Å². The Bertz CT molecular complexity index is 1280. The summed E-state index contributed by atoms with van der Waals surface area (Å²) in [5, 5.41) is 33.8. The number of hydrogen-bond acceptors (Lipinski definition) is 14. The number of carboxylic acid groups (broad SMARTS) is 1. The SMILES string of the molecule is Nc1nc(C(=NO)C(=O)N[C@@H]2C(=O)N3CC(Sc4ccncc4SCC(N)CO)(C(=O)O)CS[C@H]23)c(Cl)s1. The highest BCUT2D eigenvalue weighted by atomic mass is 35.5. The molecule has 38 heavy (non-hydrogen) atoms. The fourth-order valence-corrected chi connectivity index (χ4v) is 8.58. The Hall–Kier alpha value is -2.28. The molecule has 4 rings (SSSR count). The lowest BCUT2D eigenvalue weighted by Crippen LogP contribution is -2.74. The number of fused-ring (bicyclic) bond motifs is 1. The van der Waals surface area contributed by atoms with E-state index in [0.29, 0.717) is 15.5 Å². The number of nitrogens with one attached hydrogen (secondary N) is 1. The first-order valence-electron chi connectivity index (χ1n) is 10.8. The predicted molar refractivity (Wildman–Crippen MR) is 146 cm³/mol. The summed E-state index contributed by atoms with van der Waals surface area (Å²) in [7, 11) is 0. The van der Waals surface area contributed by atoms with Gasteiger partial charge < -0.3 is 37.1 Å². The first-order chi connectivity index (χ1) is 18.1. The Balaban J connectivity index is 1.46. The summed E-state index contributed by atoms with van der Waals surface area (Å²) in [6.45, 7) is -0.272. The minimum Gasteiger partial charge on any atom is -0.480 e. The van der Waals surface area contributed by atoms with Gasteiger partial charge in [0.15, 0.2) is 10.8 Å². The largest absolute Gasteiger partial charge is 0.480 e. The molecule has 2 aromatic heterocycles. The van der Waals surface area contributed by atoms with Gasteiger partial charge in [-0.15, -0.1) is 35.3 Å². The maximum absolute atomic E-state index is 13.0. The molecule has 204 valence electrons. The van der Waals surface area contributed by atoms with Crippen molar-refractivity contribution in [1.29, 1.82) is 0 Å². The number of aliphatic hydroxyl groups excluding tert-OH is 1. The molecule has 2 aliphatic heterocycles. The zero-order valence-corrected chi connectivity index (χ0v) is 23.3. The van der Waals surface area contributed by atoms with Crippen LogP contribution in [0, 0.1) is 0 Å². The summed E-state index contributed by atoms with van der Waals surface area (Å²) in [5.74, 6) is -1.87. The van der Waals surface area contributed by atoms with Crippen LogP contribution in [0.15, 0.2) is 33.4 Å². The molecule has 2 saturated heterocycles. The number of carboxylic acids is 1. The van der Waals surface area contributed by atoms with Gasteiger partial charge >= 0.3 is 5.97 Å². The fraction of sp³-hybridized carbons (Fsp3) is 0.400. The van der Waals surface area contributed by atoms with Gasteiger partial charge in [-0.3, -0.25) is 19.4 Å². The van der Waals surface area contributed by atoms with Gasteiger partial charge in [0, 0.05) is 46.3 Å². The quantitative estimate of drug-likeness (QED) is 0.0697. The Morgan fingerprint density at radius 1 is 1.42 bits per heavy atom. The summed E-state index contributed by atoms with van der Waals surface area (Å²) in [4.78, 5) is 49.0. The molecule has 2 amide bonds. The zero-order valence-electron chi connectivity index (χ0n) is 19.3. The normalized spacial score (nSPS) is 23.9. The van der Waals surface area contributed by atoms with E-state index in [-0.39, 0.29) is 34.1 Å². The van der Waals surface area contributed by atoms with Gasteiger partial charge in [0.1, 0.15) is 26.2 Å². The van der Waals surface area contributed by atoms with Crippen LogP contribution in [0.3, 0.4) is 0 Å². The van der Waals surface area contributed by atoms with Crippen LogP contribution in [0.4, 0.5) is 5.13 Å². The predicted octanol–water partition coefficient (Wildman–Crippen LogP) is 0.379. The van der Waals surface area contributed by atoms with E-state index in [4.69, 9.17) is 23.1 Å². The number of halogens is 1. The second kappa shape index (κ2) is 11.8. The van der Waals surface area contributed by atoms with Crippen LogP contribution in [-0.2, 0) is 14.4 Å². The van der Waals surface area contributed by atoms with Gasteiger partial charge in [0.05, 0.1) is 6.61 Å². The molecule has 0 bridgehead atoms. The number of thioether (sulfide) groups is 3. The Labute approximate surface area is 237 Å². The number of nitrogens with two attached hydrogens (primary N) is 2. The molecule has 4 heterocycles. The molecule has 2 unspecified atom stereocenters. The molecule has 0 radical (unpaired) electrons. The van der Waals surface area contributed by atoms with Crippen molar-refractivity contribution >= 4 is 86.9 Å². The second-order valence-corrected chi connectivity index (χ2v) is 13.4. The number of β-lactam (4-membered cyclic amide) rings is 1. The zero-order chi connectivity index (χ0) is 27.6. The van der Waals surface area contributed by atoms with Crippen molar-refractivity contribution in [3.05, 3.63) is 28.5 Å². The first-order valence-corrected chi connectivity index (χ1v) is 14.9. The standard InChI is InChI=1S/C20H22ClN7O6S4/c21-14-11(26-19(23)37-14)12(27-34)15(30)25-13-16(31)28-6-20(18(32)33,7-36-17(13)28)38-9-1-2-24-3-10(9)35-5-8(22)4-29/h1-3,8,13,17,29,34H,4-7,22H2,(H2,23,26)(H,25,30)(H,32,33)/t8?,13-,17-,20?/m1/s1. The van der Waals surface area contributed by atoms with Crippen LogP contribution in [-0.4, -0.2) is 101 Å². The molecule has 0 saturated carbocycles. The molecule has 0 aromatic carbocycles. The number of amides is 2. The fourth-order valence-electron chi connectivity index (χ4n) is 3.68. The number of hydrogen-bond donors (Lipinski definition) is 6. The van der Waals surface area contributed by atoms with Crippen LogP contribution >= 0.6 is 58.2 Å².